The van der Waals surface area contributed by atoms with Crippen LogP contribution >= 0.6 is 11.8 Å². The molecular formula is C11H19N3S. The number of anilines is 1. The first-order chi connectivity index (χ1) is 7.26. The minimum absolute atomic E-state index is 0.936. The van der Waals surface area contributed by atoms with E-state index in [2.05, 4.69) is 40.6 Å². The largest absolute Gasteiger partial charge is 0.373 e. The lowest BCUT2D eigenvalue weighted by molar-refractivity contribution is 0.349. The molecule has 1 heterocycles. The van der Waals surface area contributed by atoms with E-state index >= 15 is 0 Å². The SMILES string of the molecule is CNc1cc(CN(C)CCSC)ccn1. The summed E-state index contributed by atoms with van der Waals surface area (Å²) in [5.74, 6) is 2.12. The highest BCUT2D eigenvalue weighted by Gasteiger charge is 2.00. The van der Waals surface area contributed by atoms with Crippen LogP contribution in [-0.4, -0.2) is 42.5 Å². The van der Waals surface area contributed by atoms with Gasteiger partial charge in [-0.15, -0.1) is 0 Å². The van der Waals surface area contributed by atoms with Crippen molar-refractivity contribution in [1.29, 1.82) is 0 Å². The van der Waals surface area contributed by atoms with Crippen LogP contribution in [0.5, 0.6) is 0 Å². The maximum Gasteiger partial charge on any atom is 0.125 e. The fourth-order valence-electron chi connectivity index (χ4n) is 1.35. The molecular weight excluding hydrogens is 206 g/mol. The van der Waals surface area contributed by atoms with Crippen LogP contribution in [0, 0.1) is 0 Å². The van der Waals surface area contributed by atoms with Crippen molar-refractivity contribution in [1.82, 2.24) is 9.88 Å². The Labute approximate surface area is 96.3 Å². The van der Waals surface area contributed by atoms with Crippen LogP contribution in [0.2, 0.25) is 0 Å². The summed E-state index contributed by atoms with van der Waals surface area (Å²) < 4.78 is 0. The van der Waals surface area contributed by atoms with Crippen molar-refractivity contribution in [3.05, 3.63) is 23.9 Å². The lowest BCUT2D eigenvalue weighted by Crippen LogP contribution is -2.20. The number of nitrogens with one attached hydrogen (secondary N) is 1. The average molecular weight is 225 g/mol. The zero-order valence-corrected chi connectivity index (χ0v) is 10.5. The van der Waals surface area contributed by atoms with E-state index in [0.717, 1.165) is 18.9 Å². The second-order valence-electron chi connectivity index (χ2n) is 3.53. The Kier molecular flexibility index (Phi) is 5.50. The van der Waals surface area contributed by atoms with E-state index in [9.17, 15) is 0 Å². The lowest BCUT2D eigenvalue weighted by atomic mass is 10.2. The Hall–Kier alpha value is -0.740. The third kappa shape index (κ3) is 4.53. The van der Waals surface area contributed by atoms with Crippen molar-refractivity contribution < 1.29 is 0 Å². The van der Waals surface area contributed by atoms with Crippen LogP contribution < -0.4 is 5.32 Å². The van der Waals surface area contributed by atoms with E-state index < -0.39 is 0 Å². The summed E-state index contributed by atoms with van der Waals surface area (Å²) >= 11 is 1.88. The Bertz CT molecular complexity index is 291. The highest BCUT2D eigenvalue weighted by Crippen LogP contribution is 2.08. The fourth-order valence-corrected chi connectivity index (χ4v) is 1.84. The quantitative estimate of drug-likeness (QED) is 0.800. The fraction of sp³-hybridized carbons (Fsp3) is 0.545. The van der Waals surface area contributed by atoms with E-state index in [1.54, 1.807) is 0 Å². The van der Waals surface area contributed by atoms with Gasteiger partial charge in [-0.1, -0.05) is 0 Å². The molecule has 0 bridgehead atoms. The van der Waals surface area contributed by atoms with Crippen molar-refractivity contribution in [3.8, 4) is 0 Å². The molecule has 0 aliphatic heterocycles. The van der Waals surface area contributed by atoms with E-state index in [4.69, 9.17) is 0 Å². The van der Waals surface area contributed by atoms with Crippen LogP contribution in [0.1, 0.15) is 5.56 Å². The van der Waals surface area contributed by atoms with E-state index in [-0.39, 0.29) is 0 Å². The molecule has 0 spiro atoms. The summed E-state index contributed by atoms with van der Waals surface area (Å²) in [6.45, 7) is 2.11. The van der Waals surface area contributed by atoms with E-state index in [1.807, 2.05) is 25.0 Å². The van der Waals surface area contributed by atoms with Gasteiger partial charge in [-0.25, -0.2) is 4.98 Å². The highest BCUT2D eigenvalue weighted by molar-refractivity contribution is 7.98. The summed E-state index contributed by atoms with van der Waals surface area (Å²) in [7, 11) is 4.04. The first-order valence-electron chi connectivity index (χ1n) is 5.06. The zero-order valence-electron chi connectivity index (χ0n) is 9.66. The van der Waals surface area contributed by atoms with Gasteiger partial charge in [0.05, 0.1) is 0 Å². The molecule has 0 radical (unpaired) electrons. The number of rotatable bonds is 6. The summed E-state index contributed by atoms with van der Waals surface area (Å²) in [6.07, 6.45) is 3.99. The third-order valence-corrected chi connectivity index (χ3v) is 2.80. The Morgan fingerprint density at radius 2 is 2.33 bits per heavy atom. The Balaban J connectivity index is 2.48. The number of nitrogens with zero attached hydrogens (tertiary/aromatic N) is 2. The number of pyridine rings is 1. The van der Waals surface area contributed by atoms with Crippen LogP contribution in [0.3, 0.4) is 0 Å². The predicted molar refractivity (Wildman–Crippen MR) is 68.5 cm³/mol. The van der Waals surface area contributed by atoms with Crippen molar-refractivity contribution >= 4 is 17.6 Å². The van der Waals surface area contributed by atoms with Gasteiger partial charge in [0, 0.05) is 32.1 Å². The molecule has 4 heteroatoms. The molecule has 1 aromatic rings. The number of hydrogen-bond donors (Lipinski definition) is 1. The van der Waals surface area contributed by atoms with Gasteiger partial charge in [-0.05, 0) is 31.0 Å². The maximum absolute atomic E-state index is 4.19. The van der Waals surface area contributed by atoms with Gasteiger partial charge in [0.25, 0.3) is 0 Å². The molecule has 1 N–H and O–H groups in total. The maximum atomic E-state index is 4.19. The smallest absolute Gasteiger partial charge is 0.125 e. The second kappa shape index (κ2) is 6.69. The van der Waals surface area contributed by atoms with Crippen LogP contribution in [-0.2, 0) is 6.54 Å². The summed E-state index contributed by atoms with van der Waals surface area (Å²) in [5, 5.41) is 3.05. The molecule has 3 nitrogen and oxygen atoms in total. The molecule has 1 rings (SSSR count). The first-order valence-corrected chi connectivity index (χ1v) is 6.46. The van der Waals surface area contributed by atoms with Gasteiger partial charge < -0.3 is 10.2 Å². The molecule has 0 aliphatic rings. The molecule has 0 saturated carbocycles. The number of aromatic nitrogens is 1. The Morgan fingerprint density at radius 3 is 3.00 bits per heavy atom. The molecule has 0 aromatic carbocycles. The van der Waals surface area contributed by atoms with Crippen LogP contribution in [0.25, 0.3) is 0 Å². The molecule has 0 unspecified atom stereocenters. The third-order valence-electron chi connectivity index (χ3n) is 2.21. The predicted octanol–water partition coefficient (Wildman–Crippen LogP) is 1.92. The number of thioether (sulfide) groups is 1. The van der Waals surface area contributed by atoms with Crippen molar-refractivity contribution in [2.45, 2.75) is 6.54 Å². The van der Waals surface area contributed by atoms with Crippen molar-refractivity contribution in [3.63, 3.8) is 0 Å². The molecule has 0 fully saturated rings. The second-order valence-corrected chi connectivity index (χ2v) is 4.52. The van der Waals surface area contributed by atoms with Gasteiger partial charge in [0.2, 0.25) is 0 Å². The molecule has 0 aliphatic carbocycles. The Morgan fingerprint density at radius 1 is 1.53 bits per heavy atom. The highest BCUT2D eigenvalue weighted by atomic mass is 32.2. The molecule has 15 heavy (non-hydrogen) atoms. The standard InChI is InChI=1S/C11H19N3S/c1-12-11-8-10(4-5-13-11)9-14(2)6-7-15-3/h4-5,8H,6-7,9H2,1-3H3,(H,12,13). The van der Waals surface area contributed by atoms with E-state index in [1.165, 1.54) is 11.3 Å². The summed E-state index contributed by atoms with van der Waals surface area (Å²) in [4.78, 5) is 6.52. The average Bonchev–Trinajstić information content (AvgIpc) is 2.26. The minimum atomic E-state index is 0.936. The lowest BCUT2D eigenvalue weighted by Gasteiger charge is -2.16. The van der Waals surface area contributed by atoms with Gasteiger partial charge >= 0.3 is 0 Å². The normalized spacial score (nSPS) is 10.7. The molecule has 0 saturated heterocycles. The number of hydrogen-bond acceptors (Lipinski definition) is 4. The zero-order chi connectivity index (χ0) is 11.1. The monoisotopic (exact) mass is 225 g/mol. The summed E-state index contributed by atoms with van der Waals surface area (Å²) in [6, 6.07) is 4.16. The molecule has 0 amide bonds. The van der Waals surface area contributed by atoms with Crippen molar-refractivity contribution in [2.24, 2.45) is 0 Å². The van der Waals surface area contributed by atoms with Gasteiger partial charge in [-0.3, -0.25) is 0 Å². The topological polar surface area (TPSA) is 28.2 Å². The van der Waals surface area contributed by atoms with Crippen LogP contribution in [0.15, 0.2) is 18.3 Å². The minimum Gasteiger partial charge on any atom is -0.373 e. The van der Waals surface area contributed by atoms with Gasteiger partial charge in [0.15, 0.2) is 0 Å². The first kappa shape index (κ1) is 12.3. The van der Waals surface area contributed by atoms with Gasteiger partial charge in [-0.2, -0.15) is 11.8 Å². The van der Waals surface area contributed by atoms with Crippen LogP contribution in [0.4, 0.5) is 5.82 Å². The van der Waals surface area contributed by atoms with Gasteiger partial charge in [0.1, 0.15) is 5.82 Å². The molecule has 1 aromatic heterocycles. The molecule has 84 valence electrons. The van der Waals surface area contributed by atoms with Crippen molar-refractivity contribution in [2.75, 3.05) is 38.0 Å². The van der Waals surface area contributed by atoms with E-state index in [0.29, 0.717) is 0 Å². The molecule has 0 atom stereocenters. The summed E-state index contributed by atoms with van der Waals surface area (Å²) in [5.41, 5.74) is 1.30.